The van der Waals surface area contributed by atoms with E-state index in [4.69, 9.17) is 5.11 Å². The van der Waals surface area contributed by atoms with Crippen LogP contribution in [-0.2, 0) is 4.74 Å². The maximum atomic E-state index is 11.7. The lowest BCUT2D eigenvalue weighted by molar-refractivity contribution is -0.291. The first-order chi connectivity index (χ1) is 7.29. The van der Waals surface area contributed by atoms with Crippen LogP contribution in [0.3, 0.4) is 0 Å². The van der Waals surface area contributed by atoms with Crippen molar-refractivity contribution in [3.63, 3.8) is 0 Å². The van der Waals surface area contributed by atoms with Gasteiger partial charge in [0, 0.05) is 12.4 Å². The van der Waals surface area contributed by atoms with Gasteiger partial charge in [-0.15, -0.1) is 25.6 Å². The highest BCUT2D eigenvalue weighted by Crippen LogP contribution is 2.18. The molecule has 0 radical (unpaired) electrons. The Morgan fingerprint density at radius 1 is 1.24 bits per heavy atom. The first-order valence-corrected chi connectivity index (χ1v) is 3.78. The van der Waals surface area contributed by atoms with Crippen LogP contribution in [-0.4, -0.2) is 28.4 Å². The Kier molecular flexibility index (Phi) is 4.89. The minimum absolute atomic E-state index is 0. The van der Waals surface area contributed by atoms with Crippen molar-refractivity contribution in [3.05, 3.63) is 29.6 Å². The molecule has 0 amide bonds. The van der Waals surface area contributed by atoms with Crippen LogP contribution < -0.4 is 0 Å². The molecule has 9 heteroatoms. The Balaban J connectivity index is 0.00000256. The van der Waals surface area contributed by atoms with E-state index in [1.54, 1.807) is 0 Å². The zero-order chi connectivity index (χ0) is 12.3. The average Bonchev–Trinajstić information content (AvgIpc) is 2.15. The minimum atomic E-state index is -5.11. The number of carbonyl (C=O) groups excluding carboxylic acids is 1. The van der Waals surface area contributed by atoms with Crippen LogP contribution in [0.2, 0.25) is 0 Å². The van der Waals surface area contributed by atoms with E-state index in [-0.39, 0.29) is 12.4 Å². The van der Waals surface area contributed by atoms with Crippen molar-refractivity contribution in [1.29, 1.82) is 0 Å². The van der Waals surface area contributed by atoms with Crippen LogP contribution in [0.5, 0.6) is 0 Å². The predicted molar refractivity (Wildman–Crippen MR) is 49.9 cm³/mol. The Morgan fingerprint density at radius 3 is 2.24 bits per heavy atom. The molecule has 0 aliphatic rings. The van der Waals surface area contributed by atoms with Gasteiger partial charge in [-0.25, -0.2) is 9.59 Å². The first-order valence-electron chi connectivity index (χ1n) is 3.78. The molecule has 0 saturated heterocycles. The summed E-state index contributed by atoms with van der Waals surface area (Å²) in [7, 11) is 0. The molecule has 0 atom stereocenters. The van der Waals surface area contributed by atoms with Crippen LogP contribution >= 0.6 is 12.4 Å². The van der Waals surface area contributed by atoms with Gasteiger partial charge in [-0.05, 0) is 6.07 Å². The van der Waals surface area contributed by atoms with Crippen LogP contribution in [0, 0.1) is 0 Å². The minimum Gasteiger partial charge on any atom is -0.478 e. The van der Waals surface area contributed by atoms with Crippen molar-refractivity contribution in [2.75, 3.05) is 0 Å². The normalized spacial score (nSPS) is 10.3. The second kappa shape index (κ2) is 5.48. The largest absolute Gasteiger partial charge is 0.575 e. The van der Waals surface area contributed by atoms with Gasteiger partial charge in [-0.3, -0.25) is 4.98 Å². The van der Waals surface area contributed by atoms with Crippen LogP contribution in [0.15, 0.2) is 18.5 Å². The van der Waals surface area contributed by atoms with Crippen molar-refractivity contribution >= 4 is 24.3 Å². The van der Waals surface area contributed by atoms with Crippen LogP contribution in [0.1, 0.15) is 20.7 Å². The highest BCUT2D eigenvalue weighted by atomic mass is 35.5. The highest BCUT2D eigenvalue weighted by Gasteiger charge is 2.34. The fourth-order valence-corrected chi connectivity index (χ4v) is 0.833. The number of alkyl halides is 3. The van der Waals surface area contributed by atoms with E-state index in [2.05, 4.69) is 9.72 Å². The molecule has 0 fully saturated rings. The summed E-state index contributed by atoms with van der Waals surface area (Å²) in [5.74, 6) is -3.11. The fraction of sp³-hybridized carbons (Fsp3) is 0.125. The predicted octanol–water partition coefficient (Wildman–Crippen LogP) is 1.88. The standard InChI is InChI=1S/C8H4F3NO4.ClH/c9-8(10,11)16-7(15)5-1-4(6(13)14)2-12-3-5;/h1-3H,(H,13,14);1H. The summed E-state index contributed by atoms with van der Waals surface area (Å²) in [6, 6.07) is 0.739. The molecular weight excluding hydrogens is 267 g/mol. The van der Waals surface area contributed by atoms with Crippen molar-refractivity contribution in [2.45, 2.75) is 6.36 Å². The van der Waals surface area contributed by atoms with E-state index in [1.165, 1.54) is 0 Å². The second-order valence-corrected chi connectivity index (χ2v) is 2.60. The number of halogens is 4. The highest BCUT2D eigenvalue weighted by molar-refractivity contribution is 5.93. The van der Waals surface area contributed by atoms with Crippen molar-refractivity contribution < 1.29 is 32.6 Å². The van der Waals surface area contributed by atoms with Crippen molar-refractivity contribution in [3.8, 4) is 0 Å². The number of ether oxygens (including phenoxy) is 1. The summed E-state index contributed by atoms with van der Waals surface area (Å²) < 4.78 is 38.1. The number of pyridine rings is 1. The molecule has 0 bridgehead atoms. The van der Waals surface area contributed by atoms with E-state index in [1.807, 2.05) is 0 Å². The maximum absolute atomic E-state index is 11.7. The molecular formula is C8H5ClF3NO4. The quantitative estimate of drug-likeness (QED) is 0.831. The molecule has 0 aliphatic carbocycles. The number of carboxylic acid groups (broad SMARTS) is 1. The zero-order valence-electron chi connectivity index (χ0n) is 7.89. The molecule has 5 nitrogen and oxygen atoms in total. The molecule has 0 unspecified atom stereocenters. The van der Waals surface area contributed by atoms with Gasteiger partial charge in [0.05, 0.1) is 11.1 Å². The average molecular weight is 272 g/mol. The third-order valence-corrected chi connectivity index (χ3v) is 1.43. The number of rotatable bonds is 2. The lowest BCUT2D eigenvalue weighted by Gasteiger charge is -2.06. The lowest BCUT2D eigenvalue weighted by Crippen LogP contribution is -2.19. The van der Waals surface area contributed by atoms with Gasteiger partial charge in [0.2, 0.25) is 0 Å². The summed E-state index contributed by atoms with van der Waals surface area (Å²) >= 11 is 0. The Labute approximate surface area is 98.6 Å². The lowest BCUT2D eigenvalue weighted by atomic mass is 10.2. The summed E-state index contributed by atoms with van der Waals surface area (Å²) in [6.45, 7) is 0. The monoisotopic (exact) mass is 271 g/mol. The van der Waals surface area contributed by atoms with Gasteiger partial charge in [0.25, 0.3) is 0 Å². The summed E-state index contributed by atoms with van der Waals surface area (Å²) in [4.78, 5) is 24.6. The van der Waals surface area contributed by atoms with E-state index < -0.39 is 29.4 Å². The van der Waals surface area contributed by atoms with Gasteiger partial charge in [0.15, 0.2) is 0 Å². The summed E-state index contributed by atoms with van der Waals surface area (Å²) in [5.41, 5.74) is -0.992. The molecule has 94 valence electrons. The molecule has 0 aromatic carbocycles. The fourth-order valence-electron chi connectivity index (χ4n) is 0.833. The summed E-state index contributed by atoms with van der Waals surface area (Å²) in [5, 5.41) is 8.51. The topological polar surface area (TPSA) is 76.5 Å². The van der Waals surface area contributed by atoms with E-state index in [9.17, 15) is 22.8 Å². The van der Waals surface area contributed by atoms with Crippen molar-refractivity contribution in [2.24, 2.45) is 0 Å². The number of nitrogens with zero attached hydrogens (tertiary/aromatic N) is 1. The van der Waals surface area contributed by atoms with Gasteiger partial charge in [-0.2, -0.15) is 0 Å². The Morgan fingerprint density at radius 2 is 1.76 bits per heavy atom. The molecule has 1 rings (SSSR count). The summed E-state index contributed by atoms with van der Waals surface area (Å²) in [6.07, 6.45) is -3.44. The van der Waals surface area contributed by atoms with Crippen molar-refractivity contribution in [1.82, 2.24) is 4.98 Å². The molecule has 0 saturated carbocycles. The van der Waals surface area contributed by atoms with Gasteiger partial charge in [0.1, 0.15) is 0 Å². The molecule has 17 heavy (non-hydrogen) atoms. The third kappa shape index (κ3) is 4.68. The van der Waals surface area contributed by atoms with Crippen LogP contribution in [0.25, 0.3) is 0 Å². The maximum Gasteiger partial charge on any atom is 0.575 e. The molecule has 1 N–H and O–H groups in total. The van der Waals surface area contributed by atoms with E-state index >= 15 is 0 Å². The molecule has 0 spiro atoms. The molecule has 1 aromatic rings. The number of esters is 1. The molecule has 1 aromatic heterocycles. The van der Waals surface area contributed by atoms with Gasteiger partial charge < -0.3 is 9.84 Å². The van der Waals surface area contributed by atoms with Gasteiger partial charge >= 0.3 is 18.3 Å². The van der Waals surface area contributed by atoms with Gasteiger partial charge in [-0.1, -0.05) is 0 Å². The second-order valence-electron chi connectivity index (χ2n) is 2.60. The SMILES string of the molecule is Cl.O=C(O)c1cncc(C(=O)OC(F)(F)F)c1. The molecule has 0 aliphatic heterocycles. The number of aromatic nitrogens is 1. The van der Waals surface area contributed by atoms with E-state index in [0.29, 0.717) is 0 Å². The first kappa shape index (κ1) is 15.2. The third-order valence-electron chi connectivity index (χ3n) is 1.43. The molecule has 1 heterocycles. The number of carbonyl (C=O) groups is 2. The Bertz CT molecular complexity index is 435. The number of carboxylic acids is 1. The number of hydrogen-bond acceptors (Lipinski definition) is 4. The zero-order valence-corrected chi connectivity index (χ0v) is 8.71. The number of aromatic carboxylic acids is 1. The van der Waals surface area contributed by atoms with E-state index in [0.717, 1.165) is 18.5 Å². The smallest absolute Gasteiger partial charge is 0.478 e. The van der Waals surface area contributed by atoms with Crippen LogP contribution in [0.4, 0.5) is 13.2 Å². The Hall–Kier alpha value is -1.83. The number of hydrogen-bond donors (Lipinski definition) is 1.